The molecule has 0 saturated carbocycles. The molecule has 0 radical (unpaired) electrons. The molecule has 0 spiro atoms. The molecule has 0 N–H and O–H groups in total. The van der Waals surface area contributed by atoms with Gasteiger partial charge in [-0.25, -0.2) is 0 Å². The molecule has 0 fully saturated rings. The van der Waals surface area contributed by atoms with E-state index >= 15 is 0 Å². The second-order valence-corrected chi connectivity index (χ2v) is 5.10. The fourth-order valence-corrected chi connectivity index (χ4v) is 2.17. The van der Waals surface area contributed by atoms with Crippen molar-refractivity contribution in [1.29, 1.82) is 0 Å². The van der Waals surface area contributed by atoms with Crippen LogP contribution >= 0.6 is 0 Å². The smallest absolute Gasteiger partial charge is 0.139 e. The number of benzene rings is 1. The molecule has 3 rings (SSSR count). The lowest BCUT2D eigenvalue weighted by molar-refractivity contribution is 0.159. The van der Waals surface area contributed by atoms with Gasteiger partial charge in [0.25, 0.3) is 0 Å². The molecule has 0 saturated heterocycles. The van der Waals surface area contributed by atoms with Crippen molar-refractivity contribution in [1.82, 2.24) is 14.8 Å². The molecule has 0 bridgehead atoms. The Morgan fingerprint density at radius 3 is 2.82 bits per heavy atom. The van der Waals surface area contributed by atoms with Crippen LogP contribution in [0, 0.1) is 6.92 Å². The van der Waals surface area contributed by atoms with Crippen molar-refractivity contribution in [3.63, 3.8) is 0 Å². The van der Waals surface area contributed by atoms with Crippen LogP contribution in [0.25, 0.3) is 5.69 Å². The highest BCUT2D eigenvalue weighted by Gasteiger charge is 2.06. The minimum absolute atomic E-state index is 0.573. The van der Waals surface area contributed by atoms with Crippen LogP contribution in [0.4, 0.5) is 0 Å². The topological polar surface area (TPSA) is 39.9 Å². The summed E-state index contributed by atoms with van der Waals surface area (Å²) in [4.78, 5) is 0. The van der Waals surface area contributed by atoms with Crippen molar-refractivity contribution < 1.29 is 4.74 Å². The molecule has 110 valence electrons. The molecular weight excluding hydrogens is 274 g/mol. The standard InChI is InChI=1S/C18H17N3O/c1-15-7-9-17(10-8-15)21-14-19-20-18(21)11-12-22-13-16-5-3-2-4-6-16/h3,5-10,14H,11-13H2,1H3. The SMILES string of the molecule is Cc1ccc(-n2cnnc2CCOCC2=CC=C=C=C2)cc1. The van der Waals surface area contributed by atoms with E-state index < -0.39 is 0 Å². The van der Waals surface area contributed by atoms with Crippen molar-refractivity contribution in [2.24, 2.45) is 0 Å². The summed E-state index contributed by atoms with van der Waals surface area (Å²) in [5.74, 6) is 0.900. The highest BCUT2D eigenvalue weighted by atomic mass is 16.5. The zero-order valence-electron chi connectivity index (χ0n) is 12.5. The summed E-state index contributed by atoms with van der Waals surface area (Å²) in [5, 5.41) is 8.19. The highest BCUT2D eigenvalue weighted by molar-refractivity contribution is 5.35. The Bertz CT molecular complexity index is 771. The molecule has 1 heterocycles. The van der Waals surface area contributed by atoms with Gasteiger partial charge in [-0.2, -0.15) is 0 Å². The fraction of sp³-hybridized carbons (Fsp3) is 0.222. The van der Waals surface area contributed by atoms with Gasteiger partial charge in [0.05, 0.1) is 13.2 Å². The van der Waals surface area contributed by atoms with E-state index in [4.69, 9.17) is 4.74 Å². The first-order valence-corrected chi connectivity index (χ1v) is 7.23. The zero-order chi connectivity index (χ0) is 15.2. The van der Waals surface area contributed by atoms with Crippen LogP contribution in [0.2, 0.25) is 0 Å². The van der Waals surface area contributed by atoms with Gasteiger partial charge in [0, 0.05) is 12.1 Å². The van der Waals surface area contributed by atoms with E-state index in [2.05, 4.69) is 52.8 Å². The maximum Gasteiger partial charge on any atom is 0.139 e. The van der Waals surface area contributed by atoms with Crippen LogP contribution in [-0.4, -0.2) is 28.0 Å². The summed E-state index contributed by atoms with van der Waals surface area (Å²) in [6.07, 6.45) is 8.16. The summed E-state index contributed by atoms with van der Waals surface area (Å²) in [6.45, 7) is 3.25. The third kappa shape index (κ3) is 3.51. The maximum atomic E-state index is 5.69. The molecule has 0 atom stereocenters. The molecule has 1 aliphatic rings. The molecule has 1 aliphatic carbocycles. The van der Waals surface area contributed by atoms with E-state index in [-0.39, 0.29) is 0 Å². The predicted octanol–water partition coefficient (Wildman–Crippen LogP) is 2.94. The average molecular weight is 291 g/mol. The van der Waals surface area contributed by atoms with Crippen LogP contribution < -0.4 is 0 Å². The Hall–Kier alpha value is -2.64. The number of ether oxygens (including phenoxy) is 1. The van der Waals surface area contributed by atoms with Gasteiger partial charge >= 0.3 is 0 Å². The van der Waals surface area contributed by atoms with Crippen LogP contribution in [-0.2, 0) is 11.2 Å². The van der Waals surface area contributed by atoms with Gasteiger partial charge in [0.2, 0.25) is 0 Å². The molecule has 22 heavy (non-hydrogen) atoms. The second kappa shape index (κ2) is 6.88. The lowest BCUT2D eigenvalue weighted by Crippen LogP contribution is -2.07. The summed E-state index contributed by atoms with van der Waals surface area (Å²) in [5.41, 5.74) is 9.19. The normalized spacial score (nSPS) is 12.7. The van der Waals surface area contributed by atoms with Gasteiger partial charge in [0.1, 0.15) is 12.2 Å². The van der Waals surface area contributed by atoms with Crippen molar-refractivity contribution >= 4 is 0 Å². The molecule has 0 aliphatic heterocycles. The highest BCUT2D eigenvalue weighted by Crippen LogP contribution is 2.11. The molecule has 2 aromatic rings. The summed E-state index contributed by atoms with van der Waals surface area (Å²) < 4.78 is 7.68. The third-order valence-corrected chi connectivity index (χ3v) is 3.39. The quantitative estimate of drug-likeness (QED) is 0.607. The average Bonchev–Trinajstić information content (AvgIpc) is 3.02. The number of rotatable bonds is 6. The first kappa shape index (κ1) is 14.3. The fourth-order valence-electron chi connectivity index (χ4n) is 2.17. The molecule has 4 heteroatoms. The minimum atomic E-state index is 0.573. The first-order chi connectivity index (χ1) is 10.8. The zero-order valence-corrected chi connectivity index (χ0v) is 12.5. The lowest BCUT2D eigenvalue weighted by atomic mass is 10.2. The van der Waals surface area contributed by atoms with E-state index in [9.17, 15) is 0 Å². The number of nitrogens with zero attached hydrogens (tertiary/aromatic N) is 3. The first-order valence-electron chi connectivity index (χ1n) is 7.23. The van der Waals surface area contributed by atoms with Crippen molar-refractivity contribution in [3.05, 3.63) is 77.2 Å². The Labute approximate surface area is 129 Å². The molecule has 1 aromatic heterocycles. The number of hydrogen-bond donors (Lipinski definition) is 0. The molecule has 0 amide bonds. The van der Waals surface area contributed by atoms with Crippen LogP contribution in [0.5, 0.6) is 0 Å². The maximum absolute atomic E-state index is 5.69. The Morgan fingerprint density at radius 1 is 1.18 bits per heavy atom. The molecule has 4 nitrogen and oxygen atoms in total. The van der Waals surface area contributed by atoms with Crippen LogP contribution in [0.15, 0.2) is 65.9 Å². The summed E-state index contributed by atoms with van der Waals surface area (Å²) in [6, 6.07) is 8.30. The van der Waals surface area contributed by atoms with Crippen molar-refractivity contribution in [2.45, 2.75) is 13.3 Å². The Balaban J connectivity index is 1.56. The largest absolute Gasteiger partial charge is 0.376 e. The number of hydrogen-bond acceptors (Lipinski definition) is 3. The summed E-state index contributed by atoms with van der Waals surface area (Å²) >= 11 is 0. The van der Waals surface area contributed by atoms with Gasteiger partial charge < -0.3 is 4.74 Å². The molecule has 1 aromatic carbocycles. The number of aromatic nitrogens is 3. The minimum Gasteiger partial charge on any atom is -0.376 e. The monoisotopic (exact) mass is 291 g/mol. The van der Waals surface area contributed by atoms with Crippen molar-refractivity contribution in [2.75, 3.05) is 13.2 Å². The van der Waals surface area contributed by atoms with E-state index in [0.29, 0.717) is 13.2 Å². The van der Waals surface area contributed by atoms with E-state index in [1.807, 2.05) is 22.8 Å². The van der Waals surface area contributed by atoms with Gasteiger partial charge in [-0.1, -0.05) is 29.2 Å². The molecule has 0 unspecified atom stereocenters. The Kier molecular flexibility index (Phi) is 4.47. The molecular formula is C18H17N3O. The predicted molar refractivity (Wildman–Crippen MR) is 84.9 cm³/mol. The Morgan fingerprint density at radius 2 is 2.05 bits per heavy atom. The second-order valence-electron chi connectivity index (χ2n) is 5.10. The number of aryl methyl sites for hydroxylation is 1. The van der Waals surface area contributed by atoms with E-state index in [0.717, 1.165) is 23.5 Å². The lowest BCUT2D eigenvalue weighted by Gasteiger charge is -2.08. The summed E-state index contributed by atoms with van der Waals surface area (Å²) in [7, 11) is 0. The van der Waals surface area contributed by atoms with Crippen molar-refractivity contribution in [3.8, 4) is 5.69 Å². The number of allylic oxidation sites excluding steroid dienone is 2. The van der Waals surface area contributed by atoms with E-state index in [1.165, 1.54) is 5.56 Å². The third-order valence-electron chi connectivity index (χ3n) is 3.39. The van der Waals surface area contributed by atoms with E-state index in [1.54, 1.807) is 6.33 Å². The van der Waals surface area contributed by atoms with Gasteiger partial charge in [-0.05, 0) is 42.9 Å². The van der Waals surface area contributed by atoms with Crippen LogP contribution in [0.1, 0.15) is 11.4 Å². The van der Waals surface area contributed by atoms with Crippen LogP contribution in [0.3, 0.4) is 0 Å². The van der Waals surface area contributed by atoms with Gasteiger partial charge in [0.15, 0.2) is 0 Å². The van der Waals surface area contributed by atoms with Gasteiger partial charge in [-0.3, -0.25) is 4.57 Å². The van der Waals surface area contributed by atoms with Gasteiger partial charge in [-0.15, -0.1) is 10.2 Å².